The third-order valence-electron chi connectivity index (χ3n) is 5.28. The van der Waals surface area contributed by atoms with Gasteiger partial charge in [0.05, 0.1) is 0 Å². The van der Waals surface area contributed by atoms with E-state index in [9.17, 15) is 35.5 Å². The fraction of sp³-hybridized carbons (Fsp3) is 0.706. The van der Waals surface area contributed by atoms with Crippen molar-refractivity contribution in [3.63, 3.8) is 0 Å². The summed E-state index contributed by atoms with van der Waals surface area (Å²) in [6.45, 7) is 6.16. The second-order valence-electron chi connectivity index (χ2n) is 8.74. The molecule has 0 aromatic heterocycles. The quantitative estimate of drug-likeness (QED) is 0.242. The van der Waals surface area contributed by atoms with Gasteiger partial charge in [0.1, 0.15) is 0 Å². The van der Waals surface area contributed by atoms with E-state index in [0.29, 0.717) is 0 Å². The molecule has 0 fully saturated rings. The lowest BCUT2D eigenvalue weighted by atomic mass is 9.74. The molecule has 0 aliphatic heterocycles. The third-order valence-corrected chi connectivity index (χ3v) is 9.61. The number of ether oxygens (including phenoxy) is 1. The van der Waals surface area contributed by atoms with Crippen molar-refractivity contribution in [2.75, 3.05) is 0 Å². The van der Waals surface area contributed by atoms with Crippen LogP contribution < -0.4 is 0 Å². The molecule has 0 radical (unpaired) electrons. The summed E-state index contributed by atoms with van der Waals surface area (Å²) in [6, 6.07) is 0. The summed E-state index contributed by atoms with van der Waals surface area (Å²) in [4.78, 5) is 10.7. The molecular formula is C17H20F10O4Si. The van der Waals surface area contributed by atoms with Gasteiger partial charge in [-0.25, -0.2) is 26.7 Å². The van der Waals surface area contributed by atoms with Gasteiger partial charge in [-0.1, -0.05) is 20.8 Å². The molecule has 186 valence electrons. The van der Waals surface area contributed by atoms with Gasteiger partial charge in [-0.05, 0) is 18.1 Å². The number of carboxylic acid groups (broad SMARTS) is 1. The summed E-state index contributed by atoms with van der Waals surface area (Å²) in [5.41, 5.74) is -5.93. The molecule has 0 aromatic rings. The van der Waals surface area contributed by atoms with Gasteiger partial charge < -0.3 is 14.3 Å². The van der Waals surface area contributed by atoms with Crippen LogP contribution >= 0.6 is 0 Å². The Kier molecular flexibility index (Phi) is 6.88. The number of halogens is 10. The number of alkyl halides is 7. The van der Waals surface area contributed by atoms with Crippen LogP contribution in [0, 0.1) is 5.92 Å². The maximum Gasteiger partial charge on any atom is 0.509 e. The van der Waals surface area contributed by atoms with Crippen LogP contribution in [0.15, 0.2) is 23.2 Å². The van der Waals surface area contributed by atoms with Crippen molar-refractivity contribution < 1.29 is 63.0 Å². The zero-order valence-electron chi connectivity index (χ0n) is 17.5. The first-order chi connectivity index (χ1) is 13.9. The van der Waals surface area contributed by atoms with Crippen molar-refractivity contribution in [3.8, 4) is 0 Å². The lowest BCUT2D eigenvalue weighted by Crippen LogP contribution is -2.65. The molecule has 0 spiro atoms. The summed E-state index contributed by atoms with van der Waals surface area (Å²) < 4.78 is 151. The molecule has 1 rings (SSSR count). The smallest absolute Gasteiger partial charge is 0.509 e. The highest BCUT2D eigenvalue weighted by Crippen LogP contribution is 2.61. The molecule has 0 heterocycles. The number of hydrogen-bond donors (Lipinski definition) is 1. The lowest BCUT2D eigenvalue weighted by Gasteiger charge is -2.46. The number of carbonyl (C=O) groups is 1. The van der Waals surface area contributed by atoms with Crippen LogP contribution in [0.4, 0.5) is 48.7 Å². The second kappa shape index (κ2) is 7.83. The Morgan fingerprint density at radius 1 is 0.969 bits per heavy atom. The average Bonchev–Trinajstić information content (AvgIpc) is 2.51. The van der Waals surface area contributed by atoms with Gasteiger partial charge in [-0.2, -0.15) is 22.0 Å². The average molecular weight is 506 g/mol. The van der Waals surface area contributed by atoms with Gasteiger partial charge in [0.15, 0.2) is 17.5 Å². The molecule has 1 aliphatic carbocycles. The minimum Gasteiger partial charge on any atom is -0.540 e. The molecule has 3 unspecified atom stereocenters. The molecule has 0 amide bonds. The molecule has 32 heavy (non-hydrogen) atoms. The van der Waals surface area contributed by atoms with Crippen LogP contribution in [0.1, 0.15) is 27.7 Å². The topological polar surface area (TPSA) is 55.8 Å². The Morgan fingerprint density at radius 2 is 1.41 bits per heavy atom. The van der Waals surface area contributed by atoms with Gasteiger partial charge in [0.2, 0.25) is 11.7 Å². The van der Waals surface area contributed by atoms with Crippen molar-refractivity contribution >= 4 is 14.5 Å². The van der Waals surface area contributed by atoms with E-state index in [-0.39, 0.29) is 0 Å². The van der Waals surface area contributed by atoms with Gasteiger partial charge in [0.25, 0.3) is 19.9 Å². The first kappa shape index (κ1) is 28.1. The summed E-state index contributed by atoms with van der Waals surface area (Å²) >= 11 is 0. The predicted molar refractivity (Wildman–Crippen MR) is 92.6 cm³/mol. The summed E-state index contributed by atoms with van der Waals surface area (Å²) in [7, 11) is -3.53. The highest BCUT2D eigenvalue weighted by Gasteiger charge is 2.80. The molecule has 0 aromatic carbocycles. The summed E-state index contributed by atoms with van der Waals surface area (Å²) in [5.74, 6) is -27.8. The third kappa shape index (κ3) is 4.44. The van der Waals surface area contributed by atoms with E-state index < -0.39 is 79.2 Å². The Labute approximate surface area is 177 Å². The van der Waals surface area contributed by atoms with Crippen molar-refractivity contribution in [2.24, 2.45) is 5.92 Å². The van der Waals surface area contributed by atoms with Crippen molar-refractivity contribution in [1.29, 1.82) is 0 Å². The van der Waals surface area contributed by atoms with E-state index in [2.05, 4.69) is 4.74 Å². The van der Waals surface area contributed by atoms with E-state index >= 15 is 13.2 Å². The van der Waals surface area contributed by atoms with E-state index in [1.165, 1.54) is 33.9 Å². The van der Waals surface area contributed by atoms with Crippen LogP contribution in [-0.4, -0.2) is 43.2 Å². The SMILES string of the molecule is CC(F)(F)C(C(F)(F)F)C1(F)C(F)=C(O[Si](C)(C)C(C)(C)C)C(F)=C(F)C1(F)OC(=O)O. The first-order valence-electron chi connectivity index (χ1n) is 8.75. The largest absolute Gasteiger partial charge is 0.540 e. The second-order valence-corrected chi connectivity index (χ2v) is 13.5. The lowest BCUT2D eigenvalue weighted by molar-refractivity contribution is -0.314. The summed E-state index contributed by atoms with van der Waals surface area (Å²) in [5, 5.41) is 7.54. The molecule has 15 heteroatoms. The molecule has 0 saturated carbocycles. The Hall–Kier alpha value is -1.93. The molecule has 1 aliphatic rings. The van der Waals surface area contributed by atoms with Crippen LogP contribution in [0.2, 0.25) is 18.1 Å². The monoisotopic (exact) mass is 506 g/mol. The van der Waals surface area contributed by atoms with Crippen molar-refractivity contribution in [3.05, 3.63) is 23.2 Å². The summed E-state index contributed by atoms with van der Waals surface area (Å²) in [6.07, 6.45) is -9.54. The minimum atomic E-state index is -6.50. The standard InChI is InChI=1S/C17H20F10O4Si/c1-13(2,3)32(5,6)31-8-7(18)9(19)16(24,30-12(28)29)15(23,10(8)20)11(14(4,21)22)17(25,26)27/h11H,1-6H3,(H,28,29). The Balaban J connectivity index is 4.11. The Morgan fingerprint density at radius 3 is 1.72 bits per heavy atom. The van der Waals surface area contributed by atoms with Gasteiger partial charge in [-0.15, -0.1) is 0 Å². The number of allylic oxidation sites excluding steroid dienone is 1. The molecule has 4 nitrogen and oxygen atoms in total. The predicted octanol–water partition coefficient (Wildman–Crippen LogP) is 7.26. The van der Waals surface area contributed by atoms with Gasteiger partial charge in [-0.3, -0.25) is 0 Å². The molecular weight excluding hydrogens is 486 g/mol. The minimum absolute atomic E-state index is 0.595. The van der Waals surface area contributed by atoms with Crippen LogP contribution in [0.3, 0.4) is 0 Å². The maximum atomic E-state index is 15.7. The van der Waals surface area contributed by atoms with Crippen LogP contribution in [0.5, 0.6) is 0 Å². The van der Waals surface area contributed by atoms with E-state index in [4.69, 9.17) is 9.53 Å². The molecule has 3 atom stereocenters. The van der Waals surface area contributed by atoms with Gasteiger partial charge >= 0.3 is 18.2 Å². The van der Waals surface area contributed by atoms with E-state index in [0.717, 1.165) is 0 Å². The maximum absolute atomic E-state index is 15.7. The molecule has 0 saturated heterocycles. The fourth-order valence-corrected chi connectivity index (χ4v) is 3.71. The van der Waals surface area contributed by atoms with Crippen molar-refractivity contribution in [2.45, 2.75) is 69.4 Å². The fourth-order valence-electron chi connectivity index (χ4n) is 2.72. The van der Waals surface area contributed by atoms with E-state index in [1.54, 1.807) is 0 Å². The zero-order valence-corrected chi connectivity index (χ0v) is 18.5. The molecule has 0 bridgehead atoms. The van der Waals surface area contributed by atoms with Crippen LogP contribution in [0.25, 0.3) is 0 Å². The highest BCUT2D eigenvalue weighted by molar-refractivity contribution is 6.74. The Bertz CT molecular complexity index is 826. The zero-order chi connectivity index (χ0) is 25.9. The van der Waals surface area contributed by atoms with Crippen LogP contribution in [-0.2, 0) is 9.16 Å². The number of hydrogen-bond acceptors (Lipinski definition) is 3. The molecule has 1 N–H and O–H groups in total. The van der Waals surface area contributed by atoms with Crippen molar-refractivity contribution in [1.82, 2.24) is 0 Å². The van der Waals surface area contributed by atoms with E-state index in [1.807, 2.05) is 0 Å². The highest BCUT2D eigenvalue weighted by atomic mass is 28.4. The number of rotatable bonds is 5. The first-order valence-corrected chi connectivity index (χ1v) is 11.7. The van der Waals surface area contributed by atoms with Gasteiger partial charge in [0, 0.05) is 6.92 Å². The normalized spacial score (nSPS) is 26.9.